The SMILES string of the molecule is CCNC(=NCc1cccnc1N1CCC(C(N)=O)CC1)NCc1nc(C)c(C)s1.I. The molecule has 1 aliphatic heterocycles. The van der Waals surface area contributed by atoms with Crippen molar-refractivity contribution in [2.75, 3.05) is 24.5 Å². The summed E-state index contributed by atoms with van der Waals surface area (Å²) in [6.07, 6.45) is 3.34. The topological polar surface area (TPSA) is 109 Å². The zero-order valence-electron chi connectivity index (χ0n) is 18.4. The van der Waals surface area contributed by atoms with Crippen LogP contribution in [0.2, 0.25) is 0 Å². The van der Waals surface area contributed by atoms with Gasteiger partial charge in [0.05, 0.1) is 18.8 Å². The first kappa shape index (κ1) is 25.3. The van der Waals surface area contributed by atoms with Crippen LogP contribution in [0.3, 0.4) is 0 Å². The van der Waals surface area contributed by atoms with Crippen LogP contribution in [0, 0.1) is 19.8 Å². The Morgan fingerprint density at radius 2 is 2.06 bits per heavy atom. The van der Waals surface area contributed by atoms with Crippen molar-refractivity contribution in [3.8, 4) is 0 Å². The molecule has 1 fully saturated rings. The molecule has 0 spiro atoms. The third-order valence-electron chi connectivity index (χ3n) is 5.30. The number of aryl methyl sites for hydroxylation is 2. The molecular formula is C21H32IN7OS. The van der Waals surface area contributed by atoms with E-state index in [1.807, 2.05) is 19.9 Å². The second-order valence-electron chi connectivity index (χ2n) is 7.45. The van der Waals surface area contributed by atoms with Gasteiger partial charge < -0.3 is 21.3 Å². The molecule has 0 bridgehead atoms. The van der Waals surface area contributed by atoms with E-state index in [2.05, 4.69) is 38.5 Å². The standard InChI is InChI=1S/C21H31N7OS.HI/c1-4-23-21(26-13-18-27-14(2)15(3)30-18)25-12-17-6-5-9-24-20(17)28-10-7-16(8-11-28)19(22)29;/h5-6,9,16H,4,7-8,10-13H2,1-3H3,(H2,22,29)(H2,23,25,26);1H. The highest BCUT2D eigenvalue weighted by Crippen LogP contribution is 2.25. The number of rotatable bonds is 7. The van der Waals surface area contributed by atoms with Gasteiger partial charge in [-0.2, -0.15) is 0 Å². The molecule has 31 heavy (non-hydrogen) atoms. The minimum atomic E-state index is -0.201. The quantitative estimate of drug-likeness (QED) is 0.275. The van der Waals surface area contributed by atoms with Crippen LogP contribution in [0.15, 0.2) is 23.3 Å². The highest BCUT2D eigenvalue weighted by Gasteiger charge is 2.24. The molecule has 0 aromatic carbocycles. The number of piperidine rings is 1. The Morgan fingerprint density at radius 3 is 2.68 bits per heavy atom. The van der Waals surface area contributed by atoms with Gasteiger partial charge in [-0.25, -0.2) is 15.0 Å². The first-order valence-electron chi connectivity index (χ1n) is 10.4. The van der Waals surface area contributed by atoms with Gasteiger partial charge in [-0.05, 0) is 39.7 Å². The first-order valence-corrected chi connectivity index (χ1v) is 11.2. The first-order chi connectivity index (χ1) is 14.5. The maximum absolute atomic E-state index is 11.4. The molecule has 3 heterocycles. The van der Waals surface area contributed by atoms with Crippen LogP contribution in [0.5, 0.6) is 0 Å². The minimum Gasteiger partial charge on any atom is -0.369 e. The monoisotopic (exact) mass is 557 g/mol. The van der Waals surface area contributed by atoms with E-state index in [1.165, 1.54) is 4.88 Å². The number of guanidine groups is 1. The van der Waals surface area contributed by atoms with Crippen molar-refractivity contribution in [2.24, 2.45) is 16.6 Å². The number of aromatic nitrogens is 2. The third kappa shape index (κ3) is 7.03. The van der Waals surface area contributed by atoms with E-state index in [9.17, 15) is 4.79 Å². The van der Waals surface area contributed by atoms with Crippen LogP contribution in [0.25, 0.3) is 0 Å². The van der Waals surface area contributed by atoms with E-state index in [0.717, 1.165) is 60.5 Å². The number of hydrogen-bond donors (Lipinski definition) is 3. The molecule has 2 aromatic heterocycles. The highest BCUT2D eigenvalue weighted by molar-refractivity contribution is 14.0. The second-order valence-corrected chi connectivity index (χ2v) is 8.74. The Morgan fingerprint density at radius 1 is 1.32 bits per heavy atom. The average Bonchev–Trinajstić information content (AvgIpc) is 3.07. The van der Waals surface area contributed by atoms with Gasteiger partial charge in [0, 0.05) is 42.2 Å². The van der Waals surface area contributed by atoms with Gasteiger partial charge >= 0.3 is 0 Å². The lowest BCUT2D eigenvalue weighted by molar-refractivity contribution is -0.122. The van der Waals surface area contributed by atoms with Crippen molar-refractivity contribution < 1.29 is 4.79 Å². The molecule has 0 atom stereocenters. The van der Waals surface area contributed by atoms with Gasteiger partial charge in [0.2, 0.25) is 5.91 Å². The van der Waals surface area contributed by atoms with Crippen molar-refractivity contribution in [1.82, 2.24) is 20.6 Å². The van der Waals surface area contributed by atoms with Gasteiger partial charge in [-0.3, -0.25) is 4.79 Å². The van der Waals surface area contributed by atoms with Gasteiger partial charge in [-0.1, -0.05) is 6.07 Å². The number of aliphatic imine (C=N–C) groups is 1. The molecule has 10 heteroatoms. The molecule has 0 saturated carbocycles. The molecule has 0 radical (unpaired) electrons. The van der Waals surface area contributed by atoms with Crippen molar-refractivity contribution in [3.63, 3.8) is 0 Å². The van der Waals surface area contributed by atoms with Crippen LogP contribution in [0.1, 0.15) is 40.9 Å². The molecule has 3 rings (SSSR count). The summed E-state index contributed by atoms with van der Waals surface area (Å²) in [5.41, 5.74) is 7.61. The number of carbonyl (C=O) groups excluding carboxylic acids is 1. The van der Waals surface area contributed by atoms with Crippen LogP contribution in [-0.4, -0.2) is 41.5 Å². The molecular weight excluding hydrogens is 525 g/mol. The van der Waals surface area contributed by atoms with Gasteiger partial charge in [0.15, 0.2) is 5.96 Å². The molecule has 0 unspecified atom stereocenters. The fourth-order valence-electron chi connectivity index (χ4n) is 3.49. The summed E-state index contributed by atoms with van der Waals surface area (Å²) in [6.45, 7) is 9.67. The summed E-state index contributed by atoms with van der Waals surface area (Å²) in [4.78, 5) is 28.8. The Balaban J connectivity index is 0.00000341. The normalized spacial score (nSPS) is 14.8. The molecule has 8 nitrogen and oxygen atoms in total. The molecule has 1 aliphatic rings. The summed E-state index contributed by atoms with van der Waals surface area (Å²) in [5.74, 6) is 1.46. The number of carbonyl (C=O) groups is 1. The third-order valence-corrected chi connectivity index (χ3v) is 6.37. The summed E-state index contributed by atoms with van der Waals surface area (Å²) in [7, 11) is 0. The Bertz CT molecular complexity index is 874. The Hall–Kier alpha value is -1.95. The summed E-state index contributed by atoms with van der Waals surface area (Å²) >= 11 is 1.71. The largest absolute Gasteiger partial charge is 0.369 e. The van der Waals surface area contributed by atoms with Crippen molar-refractivity contribution >= 4 is 53.0 Å². The predicted octanol–water partition coefficient (Wildman–Crippen LogP) is 2.73. The Kier molecular flexibility index (Phi) is 9.94. The zero-order chi connectivity index (χ0) is 21.5. The minimum absolute atomic E-state index is 0. The number of nitrogens with zero attached hydrogens (tertiary/aromatic N) is 4. The fraction of sp³-hybridized carbons (Fsp3) is 0.524. The van der Waals surface area contributed by atoms with Gasteiger partial charge in [0.1, 0.15) is 10.8 Å². The molecule has 1 saturated heterocycles. The van der Waals surface area contributed by atoms with Crippen molar-refractivity contribution in [2.45, 2.75) is 46.7 Å². The smallest absolute Gasteiger partial charge is 0.220 e. The molecule has 1 amide bonds. The number of pyridine rings is 1. The zero-order valence-corrected chi connectivity index (χ0v) is 21.5. The molecule has 2 aromatic rings. The van der Waals surface area contributed by atoms with E-state index in [4.69, 9.17) is 10.7 Å². The summed E-state index contributed by atoms with van der Waals surface area (Å²) in [6, 6.07) is 4.00. The number of anilines is 1. The predicted molar refractivity (Wildman–Crippen MR) is 137 cm³/mol. The molecule has 170 valence electrons. The number of amides is 1. The molecule has 0 aliphatic carbocycles. The number of nitrogens with two attached hydrogens (primary N) is 1. The highest BCUT2D eigenvalue weighted by atomic mass is 127. The van der Waals surface area contributed by atoms with Crippen LogP contribution >= 0.6 is 35.3 Å². The number of nitrogens with one attached hydrogen (secondary N) is 2. The van der Waals surface area contributed by atoms with Crippen molar-refractivity contribution in [3.05, 3.63) is 39.5 Å². The van der Waals surface area contributed by atoms with E-state index in [0.29, 0.717) is 13.1 Å². The summed E-state index contributed by atoms with van der Waals surface area (Å²) < 4.78 is 0. The van der Waals surface area contributed by atoms with Crippen LogP contribution < -0.4 is 21.3 Å². The number of primary amides is 1. The Labute approximate surface area is 205 Å². The van der Waals surface area contributed by atoms with Gasteiger partial charge in [0.25, 0.3) is 0 Å². The number of hydrogen-bond acceptors (Lipinski definition) is 6. The van der Waals surface area contributed by atoms with E-state index < -0.39 is 0 Å². The number of halogens is 1. The second kappa shape index (κ2) is 12.2. The van der Waals surface area contributed by atoms with E-state index in [1.54, 1.807) is 17.5 Å². The van der Waals surface area contributed by atoms with Gasteiger partial charge in [-0.15, -0.1) is 35.3 Å². The lowest BCUT2D eigenvalue weighted by Crippen LogP contribution is -2.39. The molecule has 4 N–H and O–H groups in total. The summed E-state index contributed by atoms with van der Waals surface area (Å²) in [5, 5.41) is 7.71. The lowest BCUT2D eigenvalue weighted by atomic mass is 9.96. The van der Waals surface area contributed by atoms with Crippen LogP contribution in [-0.2, 0) is 17.9 Å². The maximum atomic E-state index is 11.4. The number of thiazole rings is 1. The maximum Gasteiger partial charge on any atom is 0.220 e. The van der Waals surface area contributed by atoms with Crippen LogP contribution in [0.4, 0.5) is 5.82 Å². The average molecular weight is 558 g/mol. The van der Waals surface area contributed by atoms with Crippen molar-refractivity contribution in [1.29, 1.82) is 0 Å². The van der Waals surface area contributed by atoms with E-state index in [-0.39, 0.29) is 35.8 Å². The fourth-order valence-corrected chi connectivity index (χ4v) is 4.37. The van der Waals surface area contributed by atoms with E-state index >= 15 is 0 Å². The lowest BCUT2D eigenvalue weighted by Gasteiger charge is -2.32.